The number of anilines is 1. The Kier molecular flexibility index (Phi) is 3.43. The van der Waals surface area contributed by atoms with Crippen LogP contribution in [0.2, 0.25) is 0 Å². The summed E-state index contributed by atoms with van der Waals surface area (Å²) in [5.74, 6) is 2.63. The Bertz CT molecular complexity index is 391. The highest BCUT2D eigenvalue weighted by atomic mass is 79.9. The molecule has 2 rings (SSSR count). The molecule has 0 saturated carbocycles. The normalized spacial score (nSPS) is 21.0. The minimum absolute atomic E-state index is 0.383. The lowest BCUT2D eigenvalue weighted by atomic mass is 9.80. The van der Waals surface area contributed by atoms with E-state index >= 15 is 0 Å². The number of aryl methyl sites for hydroxylation is 1. The average molecular weight is 298 g/mol. The minimum atomic E-state index is 0.383. The van der Waals surface area contributed by atoms with E-state index in [2.05, 4.69) is 51.6 Å². The lowest BCUT2D eigenvalue weighted by Crippen LogP contribution is -2.26. The van der Waals surface area contributed by atoms with Gasteiger partial charge in [0.1, 0.15) is 16.2 Å². The summed E-state index contributed by atoms with van der Waals surface area (Å²) >= 11 is 3.44. The van der Waals surface area contributed by atoms with Gasteiger partial charge in [0, 0.05) is 19.2 Å². The average Bonchev–Trinajstić information content (AvgIpc) is 2.63. The fourth-order valence-electron chi connectivity index (χ4n) is 2.35. The van der Waals surface area contributed by atoms with Gasteiger partial charge in [-0.05, 0) is 40.6 Å². The van der Waals surface area contributed by atoms with Crippen molar-refractivity contribution >= 4 is 21.7 Å². The Morgan fingerprint density at radius 1 is 1.35 bits per heavy atom. The molecule has 1 saturated heterocycles. The van der Waals surface area contributed by atoms with Crippen molar-refractivity contribution in [1.29, 1.82) is 0 Å². The predicted molar refractivity (Wildman–Crippen MR) is 74.2 cm³/mol. The van der Waals surface area contributed by atoms with Crippen molar-refractivity contribution in [2.75, 3.05) is 18.0 Å². The quantitative estimate of drug-likeness (QED) is 0.744. The van der Waals surface area contributed by atoms with Crippen molar-refractivity contribution in [3.63, 3.8) is 0 Å². The smallest absolute Gasteiger partial charge is 0.133 e. The summed E-state index contributed by atoms with van der Waals surface area (Å²) in [6, 6.07) is 2.01. The molecule has 1 aliphatic rings. The molecule has 1 unspecified atom stereocenters. The topological polar surface area (TPSA) is 29.0 Å². The molecule has 0 radical (unpaired) electrons. The van der Waals surface area contributed by atoms with Crippen LogP contribution in [0, 0.1) is 18.3 Å². The van der Waals surface area contributed by atoms with Gasteiger partial charge in [-0.3, -0.25) is 0 Å². The first kappa shape index (κ1) is 12.8. The van der Waals surface area contributed by atoms with Crippen molar-refractivity contribution in [1.82, 2.24) is 9.97 Å². The largest absolute Gasteiger partial charge is 0.356 e. The Balaban J connectivity index is 2.15. The molecule has 17 heavy (non-hydrogen) atoms. The van der Waals surface area contributed by atoms with E-state index in [0.717, 1.165) is 35.3 Å². The standard InChI is InChI=1S/C13H20BrN3/c1-9-15-11(14)7-12(16-9)17-6-5-10(8-17)13(2,3)4/h7,10H,5-6,8H2,1-4H3. The zero-order chi connectivity index (χ0) is 12.6. The molecular formula is C13H20BrN3. The molecule has 1 atom stereocenters. The van der Waals surface area contributed by atoms with Crippen LogP contribution in [0.15, 0.2) is 10.7 Å². The fourth-order valence-corrected chi connectivity index (χ4v) is 2.82. The maximum Gasteiger partial charge on any atom is 0.133 e. The van der Waals surface area contributed by atoms with Crippen molar-refractivity contribution < 1.29 is 0 Å². The Morgan fingerprint density at radius 3 is 2.59 bits per heavy atom. The molecule has 0 aromatic carbocycles. The van der Waals surface area contributed by atoms with Gasteiger partial charge in [-0.2, -0.15) is 0 Å². The highest BCUT2D eigenvalue weighted by molar-refractivity contribution is 9.10. The van der Waals surface area contributed by atoms with Gasteiger partial charge >= 0.3 is 0 Å². The van der Waals surface area contributed by atoms with Gasteiger partial charge in [0.25, 0.3) is 0 Å². The third-order valence-corrected chi connectivity index (χ3v) is 3.94. The molecule has 0 N–H and O–H groups in total. The third kappa shape index (κ3) is 2.97. The first-order valence-corrected chi connectivity index (χ1v) is 6.91. The summed E-state index contributed by atoms with van der Waals surface area (Å²) in [7, 11) is 0. The third-order valence-electron chi connectivity index (χ3n) is 3.53. The van der Waals surface area contributed by atoms with Gasteiger partial charge < -0.3 is 4.90 Å². The first-order valence-electron chi connectivity index (χ1n) is 6.12. The summed E-state index contributed by atoms with van der Waals surface area (Å²) in [4.78, 5) is 11.1. The second-order valence-electron chi connectivity index (χ2n) is 5.89. The fraction of sp³-hybridized carbons (Fsp3) is 0.692. The van der Waals surface area contributed by atoms with Gasteiger partial charge in [-0.1, -0.05) is 20.8 Å². The minimum Gasteiger partial charge on any atom is -0.356 e. The van der Waals surface area contributed by atoms with Crippen LogP contribution in [0.5, 0.6) is 0 Å². The molecule has 4 heteroatoms. The Labute approximate surface area is 112 Å². The van der Waals surface area contributed by atoms with Crippen molar-refractivity contribution in [3.8, 4) is 0 Å². The van der Waals surface area contributed by atoms with E-state index in [-0.39, 0.29) is 0 Å². The van der Waals surface area contributed by atoms with Crippen LogP contribution in [-0.2, 0) is 0 Å². The van der Waals surface area contributed by atoms with E-state index < -0.39 is 0 Å². The highest BCUT2D eigenvalue weighted by Gasteiger charge is 2.32. The Morgan fingerprint density at radius 2 is 2.06 bits per heavy atom. The van der Waals surface area contributed by atoms with Crippen LogP contribution in [0.1, 0.15) is 33.0 Å². The Hall–Kier alpha value is -0.640. The number of hydrogen-bond donors (Lipinski definition) is 0. The van der Waals surface area contributed by atoms with Crippen LogP contribution in [0.4, 0.5) is 5.82 Å². The van der Waals surface area contributed by atoms with Crippen LogP contribution in [0.3, 0.4) is 0 Å². The molecule has 2 heterocycles. The van der Waals surface area contributed by atoms with E-state index in [9.17, 15) is 0 Å². The van der Waals surface area contributed by atoms with E-state index in [1.807, 2.05) is 13.0 Å². The second-order valence-corrected chi connectivity index (χ2v) is 6.71. The number of aromatic nitrogens is 2. The number of halogens is 1. The molecule has 94 valence electrons. The molecule has 0 spiro atoms. The summed E-state index contributed by atoms with van der Waals surface area (Å²) in [6.45, 7) is 11.1. The molecule has 0 amide bonds. The molecule has 1 aromatic rings. The van der Waals surface area contributed by atoms with Gasteiger partial charge in [-0.25, -0.2) is 9.97 Å². The molecule has 3 nitrogen and oxygen atoms in total. The van der Waals surface area contributed by atoms with Crippen LogP contribution >= 0.6 is 15.9 Å². The van der Waals surface area contributed by atoms with Crippen LogP contribution in [-0.4, -0.2) is 23.1 Å². The van der Waals surface area contributed by atoms with Gasteiger partial charge in [0.05, 0.1) is 0 Å². The summed E-state index contributed by atoms with van der Waals surface area (Å²) in [6.07, 6.45) is 1.25. The van der Waals surface area contributed by atoms with Crippen LogP contribution < -0.4 is 4.90 Å². The van der Waals surface area contributed by atoms with Crippen molar-refractivity contribution in [2.45, 2.75) is 34.1 Å². The first-order chi connectivity index (χ1) is 7.86. The lowest BCUT2D eigenvalue weighted by Gasteiger charge is -2.27. The van der Waals surface area contributed by atoms with Crippen molar-refractivity contribution in [2.24, 2.45) is 11.3 Å². The number of hydrogen-bond acceptors (Lipinski definition) is 3. The monoisotopic (exact) mass is 297 g/mol. The molecule has 0 aliphatic carbocycles. The maximum atomic E-state index is 4.52. The van der Waals surface area contributed by atoms with E-state index in [1.54, 1.807) is 0 Å². The molecule has 1 aliphatic heterocycles. The second kappa shape index (κ2) is 4.56. The summed E-state index contributed by atoms with van der Waals surface area (Å²) in [5.41, 5.74) is 0.383. The van der Waals surface area contributed by atoms with E-state index in [0.29, 0.717) is 5.41 Å². The SMILES string of the molecule is Cc1nc(Br)cc(N2CCC(C(C)(C)C)C2)n1. The van der Waals surface area contributed by atoms with Gasteiger partial charge in [0.15, 0.2) is 0 Å². The maximum absolute atomic E-state index is 4.52. The molecule has 1 fully saturated rings. The summed E-state index contributed by atoms with van der Waals surface area (Å²) < 4.78 is 0.874. The van der Waals surface area contributed by atoms with Gasteiger partial charge in [0.2, 0.25) is 0 Å². The predicted octanol–water partition coefficient (Wildman–Crippen LogP) is 3.42. The zero-order valence-electron chi connectivity index (χ0n) is 11.0. The molecule has 1 aromatic heterocycles. The lowest BCUT2D eigenvalue weighted by molar-refractivity contribution is 0.263. The van der Waals surface area contributed by atoms with Crippen molar-refractivity contribution in [3.05, 3.63) is 16.5 Å². The zero-order valence-corrected chi connectivity index (χ0v) is 12.6. The van der Waals surface area contributed by atoms with E-state index in [4.69, 9.17) is 0 Å². The van der Waals surface area contributed by atoms with E-state index in [1.165, 1.54) is 6.42 Å². The summed E-state index contributed by atoms with van der Waals surface area (Å²) in [5, 5.41) is 0. The number of nitrogens with zero attached hydrogens (tertiary/aromatic N) is 3. The number of rotatable bonds is 1. The molecule has 0 bridgehead atoms. The van der Waals surface area contributed by atoms with Gasteiger partial charge in [-0.15, -0.1) is 0 Å². The van der Waals surface area contributed by atoms with Crippen LogP contribution in [0.25, 0.3) is 0 Å². The molecular weight excluding hydrogens is 278 g/mol. The highest BCUT2D eigenvalue weighted by Crippen LogP contribution is 2.35.